The highest BCUT2D eigenvalue weighted by molar-refractivity contribution is 5.96. The van der Waals surface area contributed by atoms with Crippen LogP contribution >= 0.6 is 0 Å². The molecule has 2 heterocycles. The lowest BCUT2D eigenvalue weighted by atomic mass is 9.95. The molecule has 2 N–H and O–H groups in total. The summed E-state index contributed by atoms with van der Waals surface area (Å²) in [7, 11) is 0. The minimum absolute atomic E-state index is 0.0394. The second-order valence-corrected chi connectivity index (χ2v) is 8.90. The summed E-state index contributed by atoms with van der Waals surface area (Å²) in [5, 5.41) is 9.35. The Balaban J connectivity index is 1.76. The van der Waals surface area contributed by atoms with Crippen LogP contribution in [0.2, 0.25) is 0 Å². The van der Waals surface area contributed by atoms with Crippen molar-refractivity contribution in [2.24, 2.45) is 5.73 Å². The van der Waals surface area contributed by atoms with Crippen LogP contribution in [0.1, 0.15) is 24.0 Å². The summed E-state index contributed by atoms with van der Waals surface area (Å²) in [5.74, 6) is -1.38. The molecule has 1 saturated heterocycles. The van der Waals surface area contributed by atoms with E-state index < -0.39 is 23.4 Å². The van der Waals surface area contributed by atoms with E-state index in [0.717, 1.165) is 18.2 Å². The number of nitriles is 1. The zero-order chi connectivity index (χ0) is 26.3. The number of piperidine rings is 1. The topological polar surface area (TPSA) is 78.8 Å². The van der Waals surface area contributed by atoms with Gasteiger partial charge in [-0.1, -0.05) is 24.3 Å². The molecule has 5 nitrogen and oxygen atoms in total. The maximum atomic E-state index is 15.3. The summed E-state index contributed by atoms with van der Waals surface area (Å²) in [6, 6.07) is 12.7. The second-order valence-electron chi connectivity index (χ2n) is 8.90. The number of rotatable bonds is 3. The van der Waals surface area contributed by atoms with Crippen molar-refractivity contribution in [3.63, 3.8) is 0 Å². The molecule has 10 heteroatoms. The third kappa shape index (κ3) is 4.70. The van der Waals surface area contributed by atoms with Gasteiger partial charge in [-0.25, -0.2) is 18.7 Å². The van der Waals surface area contributed by atoms with Crippen LogP contribution in [-0.4, -0.2) is 29.1 Å². The predicted octanol–water partition coefficient (Wildman–Crippen LogP) is 6.06. The van der Waals surface area contributed by atoms with Crippen molar-refractivity contribution in [1.82, 2.24) is 9.97 Å². The Kier molecular flexibility index (Phi) is 6.25. The number of benzene rings is 3. The molecule has 188 valence electrons. The Bertz CT molecular complexity index is 1540. The van der Waals surface area contributed by atoms with Gasteiger partial charge >= 0.3 is 6.18 Å². The highest BCUT2D eigenvalue weighted by Crippen LogP contribution is 2.40. The first-order valence-electron chi connectivity index (χ1n) is 11.5. The summed E-state index contributed by atoms with van der Waals surface area (Å²) in [6.07, 6.45) is -3.31. The molecule has 37 heavy (non-hydrogen) atoms. The number of nitrogens with zero attached hydrogens (tertiary/aromatic N) is 4. The Labute approximate surface area is 209 Å². The van der Waals surface area contributed by atoms with Crippen molar-refractivity contribution in [2.75, 3.05) is 18.0 Å². The molecule has 5 rings (SSSR count). The molecule has 4 aromatic rings. The molecule has 3 aromatic carbocycles. The molecule has 0 spiro atoms. The SMILES string of the molecule is N#Cc1ccc(-c2nc(N3CCC(N)CC3)nc3cc(F)c(-c4ccccc4C(F)(F)F)cc23)cc1F. The fraction of sp³-hybridized carbons (Fsp3) is 0.222. The van der Waals surface area contributed by atoms with Gasteiger partial charge < -0.3 is 10.6 Å². The smallest absolute Gasteiger partial charge is 0.341 e. The summed E-state index contributed by atoms with van der Waals surface area (Å²) in [6.45, 7) is 1.13. The van der Waals surface area contributed by atoms with Gasteiger partial charge in [-0.2, -0.15) is 18.4 Å². The number of nitrogens with two attached hydrogens (primary N) is 1. The van der Waals surface area contributed by atoms with Gasteiger partial charge in [0.2, 0.25) is 5.95 Å². The van der Waals surface area contributed by atoms with E-state index in [4.69, 9.17) is 11.0 Å². The molecule has 0 unspecified atom stereocenters. The number of halogens is 5. The number of aromatic nitrogens is 2. The van der Waals surface area contributed by atoms with Crippen LogP contribution in [0.4, 0.5) is 27.9 Å². The van der Waals surface area contributed by atoms with Crippen LogP contribution in [-0.2, 0) is 6.18 Å². The second kappa shape index (κ2) is 9.41. The van der Waals surface area contributed by atoms with Gasteiger partial charge in [0.25, 0.3) is 0 Å². The van der Waals surface area contributed by atoms with Crippen molar-refractivity contribution in [3.05, 3.63) is 77.4 Å². The fourth-order valence-corrected chi connectivity index (χ4v) is 4.52. The maximum Gasteiger partial charge on any atom is 0.417 e. The van der Waals surface area contributed by atoms with Crippen molar-refractivity contribution < 1.29 is 22.0 Å². The predicted molar refractivity (Wildman–Crippen MR) is 129 cm³/mol. The first-order chi connectivity index (χ1) is 17.7. The van der Waals surface area contributed by atoms with Gasteiger partial charge in [0.05, 0.1) is 22.3 Å². The number of anilines is 1. The lowest BCUT2D eigenvalue weighted by Gasteiger charge is -2.30. The number of hydrogen-bond donors (Lipinski definition) is 1. The molecule has 1 fully saturated rings. The van der Waals surface area contributed by atoms with Crippen molar-refractivity contribution >= 4 is 16.9 Å². The van der Waals surface area contributed by atoms with Crippen LogP contribution in [0.5, 0.6) is 0 Å². The lowest BCUT2D eigenvalue weighted by Crippen LogP contribution is -2.40. The third-order valence-corrected chi connectivity index (χ3v) is 6.48. The molecule has 0 bridgehead atoms. The molecular weight excluding hydrogens is 489 g/mol. The highest BCUT2D eigenvalue weighted by atomic mass is 19.4. The van der Waals surface area contributed by atoms with E-state index in [-0.39, 0.29) is 50.8 Å². The standard InChI is InChI=1S/C27H20F5N5/c28-22-11-15(5-6-16(22)14-33)25-20-12-19(18-3-1-2-4-21(18)27(30,31)32)23(29)13-24(20)35-26(36-25)37-9-7-17(34)8-10-37/h1-6,11-13,17H,7-10,34H2. The Morgan fingerprint density at radius 1 is 0.919 bits per heavy atom. The first kappa shape index (κ1) is 24.6. The van der Waals surface area contributed by atoms with Crippen LogP contribution in [0, 0.1) is 23.0 Å². The quantitative estimate of drug-likeness (QED) is 0.340. The molecule has 0 saturated carbocycles. The molecule has 0 radical (unpaired) electrons. The molecule has 1 aromatic heterocycles. The molecule has 1 aliphatic heterocycles. The van der Waals surface area contributed by atoms with E-state index in [9.17, 15) is 17.6 Å². The number of hydrogen-bond acceptors (Lipinski definition) is 5. The molecular formula is C27H20F5N5. The zero-order valence-electron chi connectivity index (χ0n) is 19.4. The summed E-state index contributed by atoms with van der Waals surface area (Å²) >= 11 is 0. The van der Waals surface area contributed by atoms with Crippen LogP contribution in [0.25, 0.3) is 33.3 Å². The Morgan fingerprint density at radius 2 is 1.65 bits per heavy atom. The van der Waals surface area contributed by atoms with Crippen molar-refractivity contribution in [2.45, 2.75) is 25.1 Å². The van der Waals surface area contributed by atoms with E-state index >= 15 is 4.39 Å². The van der Waals surface area contributed by atoms with Crippen molar-refractivity contribution in [1.29, 1.82) is 5.26 Å². The van der Waals surface area contributed by atoms with Gasteiger partial charge in [0.1, 0.15) is 17.7 Å². The highest BCUT2D eigenvalue weighted by Gasteiger charge is 2.34. The molecule has 0 atom stereocenters. The maximum absolute atomic E-state index is 15.3. The van der Waals surface area contributed by atoms with E-state index in [1.807, 2.05) is 4.90 Å². The van der Waals surface area contributed by atoms with Gasteiger partial charge in [0.15, 0.2) is 0 Å². The molecule has 0 amide bonds. The van der Waals surface area contributed by atoms with Gasteiger partial charge in [-0.05, 0) is 42.7 Å². The normalized spacial score (nSPS) is 14.7. The fourth-order valence-electron chi connectivity index (χ4n) is 4.52. The summed E-state index contributed by atoms with van der Waals surface area (Å²) in [5.41, 5.74) is 4.88. The lowest BCUT2D eigenvalue weighted by molar-refractivity contribution is -0.137. The van der Waals surface area contributed by atoms with Crippen LogP contribution < -0.4 is 10.6 Å². The molecule has 0 aliphatic carbocycles. The van der Waals surface area contributed by atoms with E-state index in [1.54, 1.807) is 6.07 Å². The Morgan fingerprint density at radius 3 is 2.32 bits per heavy atom. The van der Waals surface area contributed by atoms with Gasteiger partial charge in [-0.15, -0.1) is 0 Å². The third-order valence-electron chi connectivity index (χ3n) is 6.48. The average molecular weight is 509 g/mol. The average Bonchev–Trinajstić information content (AvgIpc) is 2.87. The van der Waals surface area contributed by atoms with E-state index in [2.05, 4.69) is 9.97 Å². The van der Waals surface area contributed by atoms with Gasteiger partial charge in [-0.3, -0.25) is 0 Å². The summed E-state index contributed by atoms with van der Waals surface area (Å²) in [4.78, 5) is 11.0. The minimum atomic E-state index is -4.70. The van der Waals surface area contributed by atoms with Crippen LogP contribution in [0.15, 0.2) is 54.6 Å². The van der Waals surface area contributed by atoms with E-state index in [1.165, 1.54) is 36.4 Å². The first-order valence-corrected chi connectivity index (χ1v) is 11.5. The zero-order valence-corrected chi connectivity index (χ0v) is 19.4. The van der Waals surface area contributed by atoms with Crippen LogP contribution in [0.3, 0.4) is 0 Å². The van der Waals surface area contributed by atoms with Crippen molar-refractivity contribution in [3.8, 4) is 28.5 Å². The summed E-state index contributed by atoms with van der Waals surface area (Å²) < 4.78 is 71.0. The Hall–Kier alpha value is -4.10. The number of fused-ring (bicyclic) bond motifs is 1. The number of alkyl halides is 3. The largest absolute Gasteiger partial charge is 0.417 e. The van der Waals surface area contributed by atoms with Gasteiger partial charge in [0, 0.05) is 41.7 Å². The van der Waals surface area contributed by atoms with E-state index in [0.29, 0.717) is 25.9 Å². The molecule has 1 aliphatic rings. The minimum Gasteiger partial charge on any atom is -0.341 e. The monoisotopic (exact) mass is 509 g/mol.